The van der Waals surface area contributed by atoms with E-state index in [0.29, 0.717) is 44.9 Å². The lowest BCUT2D eigenvalue weighted by Gasteiger charge is -2.47. The molecule has 0 bridgehead atoms. The minimum atomic E-state index is -4.41. The van der Waals surface area contributed by atoms with E-state index in [1.54, 1.807) is 7.11 Å². The molecule has 0 saturated heterocycles. The van der Waals surface area contributed by atoms with Gasteiger partial charge in [0.15, 0.2) is 6.40 Å². The monoisotopic (exact) mass is 866 g/mol. The molecule has 0 aliphatic heterocycles. The number of hydrogen-bond donors (Lipinski definition) is 7. The normalized spacial score (nSPS) is 42.8. The number of aliphatic imine (C=N–C) groups is 1. The summed E-state index contributed by atoms with van der Waals surface area (Å²) in [5.74, 6) is -1.22. The van der Waals surface area contributed by atoms with Crippen LogP contribution in [0.5, 0.6) is 0 Å². The molecule has 17 unspecified atom stereocenters. The van der Waals surface area contributed by atoms with Crippen molar-refractivity contribution in [3.05, 3.63) is 0 Å². The molecule has 0 amide bonds. The molecule has 5 rings (SSSR count). The van der Waals surface area contributed by atoms with Crippen LogP contribution in [-0.4, -0.2) is 135 Å². The maximum atomic E-state index is 12.0. The number of hydrogen-bond acceptors (Lipinski definition) is 24. The maximum Gasteiger partial charge on any atom is 0.269 e. The molecule has 0 heterocycles. The van der Waals surface area contributed by atoms with Crippen molar-refractivity contribution in [1.82, 2.24) is 0 Å². The zero-order valence-electron chi connectivity index (χ0n) is 30.0. The van der Waals surface area contributed by atoms with E-state index in [2.05, 4.69) is 34.7 Å². The van der Waals surface area contributed by atoms with Gasteiger partial charge in [-0.05, 0) is 69.1 Å². The number of nitrogens with two attached hydrogens (primary N) is 1. The Labute approximate surface area is 330 Å². The molecule has 26 heteroatoms. The largest absolute Gasteiger partial charge is 0.487 e. The summed E-state index contributed by atoms with van der Waals surface area (Å²) in [4.78, 5) is 4.59. The van der Waals surface area contributed by atoms with Gasteiger partial charge in [-0.1, -0.05) is 15.1 Å². The van der Waals surface area contributed by atoms with Gasteiger partial charge in [-0.15, -0.1) is 13.0 Å². The van der Waals surface area contributed by atoms with Gasteiger partial charge in [0, 0.05) is 72.1 Å². The molecule has 8 N–H and O–H groups in total. The van der Waals surface area contributed by atoms with Crippen molar-refractivity contribution in [1.29, 1.82) is 0 Å². The van der Waals surface area contributed by atoms with Crippen LogP contribution in [0.25, 0.3) is 0 Å². The first-order chi connectivity index (χ1) is 26.4. The smallest absolute Gasteiger partial charge is 0.269 e. The summed E-state index contributed by atoms with van der Waals surface area (Å²) in [6.07, 6.45) is 2.19. The lowest BCUT2D eigenvalue weighted by molar-refractivity contribution is -0.432. The van der Waals surface area contributed by atoms with E-state index < -0.39 is 75.1 Å². The van der Waals surface area contributed by atoms with E-state index in [-0.39, 0.29) is 47.1 Å². The Morgan fingerprint density at radius 2 is 1.40 bits per heavy atom. The topological polar surface area (TPSA) is 317 Å². The molecule has 17 atom stereocenters. The fourth-order valence-electron chi connectivity index (χ4n) is 9.22. The first-order valence-electron chi connectivity index (χ1n) is 17.8. The number of aliphatic hydroxyl groups excluding tert-OH is 2. The van der Waals surface area contributed by atoms with Gasteiger partial charge in [0.2, 0.25) is 0 Å². The average Bonchev–Trinajstić information content (AvgIpc) is 3.16. The zero-order chi connectivity index (χ0) is 39.7. The Morgan fingerprint density at radius 3 is 2.07 bits per heavy atom. The molecule has 0 aromatic rings. The van der Waals surface area contributed by atoms with Gasteiger partial charge in [-0.25, -0.2) is 15.8 Å². The highest BCUT2D eigenvalue weighted by Gasteiger charge is 2.52. The van der Waals surface area contributed by atoms with Crippen LogP contribution in [0.2, 0.25) is 0 Å². The molecule has 5 aliphatic rings. The third kappa shape index (κ3) is 11.4. The molecule has 5 aliphatic carbocycles. The number of rotatable bonds is 17. The Morgan fingerprint density at radius 1 is 0.727 bits per heavy atom. The predicted molar refractivity (Wildman–Crippen MR) is 194 cm³/mol. The van der Waals surface area contributed by atoms with Gasteiger partial charge < -0.3 is 25.4 Å². The number of methoxy groups -OCH3 is 2. The summed E-state index contributed by atoms with van der Waals surface area (Å²) < 4.78 is 59.0. The van der Waals surface area contributed by atoms with Crippen molar-refractivity contribution in [2.45, 2.75) is 133 Å². The highest BCUT2D eigenvalue weighted by atomic mass is 32.2. The van der Waals surface area contributed by atoms with Crippen molar-refractivity contribution in [3.63, 3.8) is 0 Å². The number of aliphatic hydroxyl groups is 2. The predicted octanol–water partition coefficient (Wildman–Crippen LogP) is 3.09. The van der Waals surface area contributed by atoms with Crippen LogP contribution in [0.3, 0.4) is 0 Å². The fourth-order valence-corrected chi connectivity index (χ4v) is 12.6. The van der Waals surface area contributed by atoms with Gasteiger partial charge in [0.25, 0.3) is 10.1 Å². The summed E-state index contributed by atoms with van der Waals surface area (Å²) >= 11 is 2.59. The Bertz CT molecular complexity index is 1390. The van der Waals surface area contributed by atoms with Crippen molar-refractivity contribution in [2.24, 2.45) is 54.9 Å². The van der Waals surface area contributed by atoms with Crippen LogP contribution in [-0.2, 0) is 47.7 Å². The third-order valence-electron chi connectivity index (χ3n) is 11.7. The minimum Gasteiger partial charge on any atom is -0.487 e. The van der Waals surface area contributed by atoms with E-state index in [1.807, 2.05) is 0 Å². The van der Waals surface area contributed by atoms with Crippen molar-refractivity contribution >= 4 is 52.6 Å². The molecular weight excluding hydrogens is 817 g/mol. The molecular formula is C29H50N6O16S4. The van der Waals surface area contributed by atoms with Gasteiger partial charge in [0.1, 0.15) is 11.3 Å². The molecule has 22 nitrogen and oxygen atoms in total. The van der Waals surface area contributed by atoms with E-state index in [1.165, 1.54) is 13.5 Å². The molecule has 0 spiro atoms. The molecule has 5 fully saturated rings. The molecule has 5 saturated carbocycles. The van der Waals surface area contributed by atoms with Crippen LogP contribution in [0.15, 0.2) is 25.4 Å². The van der Waals surface area contributed by atoms with Crippen molar-refractivity contribution in [2.75, 3.05) is 14.2 Å². The first-order valence-corrected chi connectivity index (χ1v) is 21.7. The second-order valence-electron chi connectivity index (χ2n) is 14.6. The van der Waals surface area contributed by atoms with Crippen molar-refractivity contribution in [3.8, 4) is 0 Å². The molecule has 0 aromatic heterocycles. The Hall–Kier alpha value is -0.890. The van der Waals surface area contributed by atoms with Gasteiger partial charge in [0.05, 0.1) is 54.8 Å². The lowest BCUT2D eigenvalue weighted by atomic mass is 9.66. The summed E-state index contributed by atoms with van der Waals surface area (Å²) in [5.41, 5.74) is 6.15. The maximum absolute atomic E-state index is 12.0. The van der Waals surface area contributed by atoms with Gasteiger partial charge >= 0.3 is 0 Å². The Kier molecular flexibility index (Phi) is 17.6. The second-order valence-corrected chi connectivity index (χ2v) is 19.1. The average molecular weight is 867 g/mol. The molecule has 316 valence electrons. The van der Waals surface area contributed by atoms with Crippen LogP contribution in [0, 0.1) is 23.7 Å². The van der Waals surface area contributed by atoms with Crippen molar-refractivity contribution < 1.29 is 76.5 Å². The second kappa shape index (κ2) is 21.4. The van der Waals surface area contributed by atoms with E-state index in [4.69, 9.17) is 49.9 Å². The van der Waals surface area contributed by atoms with E-state index in [0.717, 1.165) is 36.1 Å². The van der Waals surface area contributed by atoms with Crippen LogP contribution in [0.1, 0.15) is 57.8 Å². The van der Waals surface area contributed by atoms with E-state index >= 15 is 0 Å². The summed E-state index contributed by atoms with van der Waals surface area (Å²) in [7, 11) is -1.40. The summed E-state index contributed by atoms with van der Waals surface area (Å²) in [5, 5.41) is 77.3. The molecule has 55 heavy (non-hydrogen) atoms. The van der Waals surface area contributed by atoms with Crippen LogP contribution < -0.4 is 5.73 Å². The van der Waals surface area contributed by atoms with Crippen LogP contribution in [0.4, 0.5) is 0 Å². The highest BCUT2D eigenvalue weighted by molar-refractivity contribution is 7.95. The zero-order valence-corrected chi connectivity index (χ0v) is 33.2. The highest BCUT2D eigenvalue weighted by Crippen LogP contribution is 2.50. The number of azo groups is 2. The summed E-state index contributed by atoms with van der Waals surface area (Å²) in [6.45, 7) is 0. The quantitative estimate of drug-likeness (QED) is 0.0210. The standard InChI is InChI=1S/C29H50N6O16S4/c1-44-12-31-19-10-21(34-35-28-25(54-51-48-40)5-13-6-26(55(41,42)43)17(30)9-15(13)29(28)37)23(45-2)11-20(19)33-32-18-3-4-24(53-50-47-39)16-7-14(52-49-46-38)8-22(36)27(16)18/h12-29,36-40H,3-11,30H2,1-2H3,(H,41,42,43). The van der Waals surface area contributed by atoms with Gasteiger partial charge in [-0.3, -0.25) is 9.55 Å². The van der Waals surface area contributed by atoms with Crippen LogP contribution >= 0.6 is 36.1 Å². The molecule has 0 radical (unpaired) electrons. The van der Waals surface area contributed by atoms with Gasteiger partial charge in [-0.2, -0.15) is 28.9 Å². The minimum absolute atomic E-state index is 0.0363. The number of ether oxygens (including phenoxy) is 2. The number of fused-ring (bicyclic) bond motifs is 2. The fraction of sp³-hybridized carbons (Fsp3) is 0.966. The van der Waals surface area contributed by atoms with E-state index in [9.17, 15) is 23.2 Å². The molecule has 0 aromatic carbocycles. The third-order valence-corrected chi connectivity index (χ3v) is 15.6. The summed E-state index contributed by atoms with van der Waals surface area (Å²) in [6, 6.07) is -3.56. The lowest BCUT2D eigenvalue weighted by Crippen LogP contribution is -2.57. The first kappa shape index (κ1) is 45.2. The SMILES string of the molecule is COC=NC1CC(N=NC2C(SOOO)CC3CC(S(=O)(=O)O)C(N)CC3C2O)C(OC)CC1N=NC1CCC(SOOO)C2CC(SOOO)CC(O)C12. The number of nitrogens with zero attached hydrogens (tertiary/aromatic N) is 5. The Balaban J connectivity index is 1.32.